The molecule has 1 fully saturated rings. The summed E-state index contributed by atoms with van der Waals surface area (Å²) in [5, 5.41) is 0. The fourth-order valence-corrected chi connectivity index (χ4v) is 5.91. The fraction of sp³-hybridized carbons (Fsp3) is 0.524. The Kier molecular flexibility index (Phi) is 5.87. The number of piperidine rings is 1. The molecule has 1 unspecified atom stereocenters. The first-order valence-corrected chi connectivity index (χ1v) is 11.4. The Morgan fingerprint density at radius 1 is 1.31 bits per heavy atom. The number of nitrogens with zero attached hydrogens (tertiary/aromatic N) is 3. The van der Waals surface area contributed by atoms with E-state index >= 15 is 0 Å². The second-order valence-electron chi connectivity index (χ2n) is 8.41. The van der Waals surface area contributed by atoms with Crippen molar-refractivity contribution < 1.29 is 13.2 Å². The van der Waals surface area contributed by atoms with Gasteiger partial charge in [-0.05, 0) is 51.2 Å². The first-order chi connectivity index (χ1) is 13.5. The molecule has 0 aliphatic carbocycles. The summed E-state index contributed by atoms with van der Waals surface area (Å²) in [6.45, 7) is 10.7. The van der Waals surface area contributed by atoms with Crippen LogP contribution in [0, 0.1) is 12.8 Å². The minimum Gasteiger partial charge on any atom is -0.369 e. The zero-order valence-electron chi connectivity index (χ0n) is 17.4. The molecule has 2 aliphatic rings. The van der Waals surface area contributed by atoms with E-state index in [1.54, 1.807) is 28.3 Å². The molecule has 1 aromatic rings. The lowest BCUT2D eigenvalue weighted by molar-refractivity contribution is -0.131. The van der Waals surface area contributed by atoms with Crippen LogP contribution in [0.3, 0.4) is 0 Å². The number of nitrogens with two attached hydrogens (primary N) is 1. The fourth-order valence-electron chi connectivity index (χ4n) is 4.21. The minimum atomic E-state index is -3.50. The minimum absolute atomic E-state index is 0.104. The van der Waals surface area contributed by atoms with Crippen LogP contribution in [0.25, 0.3) is 0 Å². The highest BCUT2D eigenvalue weighted by Crippen LogP contribution is 2.31. The van der Waals surface area contributed by atoms with Crippen molar-refractivity contribution in [3.63, 3.8) is 0 Å². The summed E-state index contributed by atoms with van der Waals surface area (Å²) in [5.74, 6) is 0.324. The van der Waals surface area contributed by atoms with E-state index in [1.165, 1.54) is 0 Å². The molecule has 0 radical (unpaired) electrons. The predicted octanol–water partition coefficient (Wildman–Crippen LogP) is 2.28. The molecule has 0 saturated carbocycles. The van der Waals surface area contributed by atoms with Gasteiger partial charge in [-0.15, -0.1) is 6.58 Å². The number of aliphatic imine (C=N–C) groups is 1. The average Bonchev–Trinajstić information content (AvgIpc) is 2.84. The molecule has 7 nitrogen and oxygen atoms in total. The average molecular weight is 419 g/mol. The zero-order valence-corrected chi connectivity index (χ0v) is 18.2. The number of amides is 1. The van der Waals surface area contributed by atoms with Crippen LogP contribution >= 0.6 is 0 Å². The SMILES string of the molecule is C=C(C)CC1(C)N=C(N)N(CC2CCN(S(=O)(=O)c3ccccc3C)CC2)C1=O. The lowest BCUT2D eigenvalue weighted by atomic mass is 9.93. The second kappa shape index (κ2) is 7.91. The number of aryl methyl sites for hydroxylation is 1. The summed E-state index contributed by atoms with van der Waals surface area (Å²) in [4.78, 5) is 19.2. The lowest BCUT2D eigenvalue weighted by Crippen LogP contribution is -2.47. The molecule has 2 heterocycles. The van der Waals surface area contributed by atoms with Crippen LogP contribution in [0.5, 0.6) is 0 Å². The van der Waals surface area contributed by atoms with Gasteiger partial charge in [0, 0.05) is 26.1 Å². The Bertz CT molecular complexity index is 948. The number of sulfonamides is 1. The molecule has 1 atom stereocenters. The van der Waals surface area contributed by atoms with Gasteiger partial charge in [0.15, 0.2) is 5.96 Å². The summed E-state index contributed by atoms with van der Waals surface area (Å²) in [7, 11) is -3.50. The Balaban J connectivity index is 1.64. The van der Waals surface area contributed by atoms with Gasteiger partial charge < -0.3 is 5.73 Å². The maximum absolute atomic E-state index is 13.0. The number of hydrogen-bond donors (Lipinski definition) is 1. The van der Waals surface area contributed by atoms with Crippen LogP contribution in [-0.4, -0.2) is 54.7 Å². The van der Waals surface area contributed by atoms with Crippen molar-refractivity contribution >= 4 is 21.9 Å². The molecule has 1 saturated heterocycles. The highest BCUT2D eigenvalue weighted by atomic mass is 32.2. The normalized spacial score (nSPS) is 24.0. The predicted molar refractivity (Wildman–Crippen MR) is 114 cm³/mol. The zero-order chi connectivity index (χ0) is 21.4. The summed E-state index contributed by atoms with van der Waals surface area (Å²) >= 11 is 0. The van der Waals surface area contributed by atoms with E-state index < -0.39 is 15.6 Å². The third kappa shape index (κ3) is 4.23. The third-order valence-corrected chi connectivity index (χ3v) is 7.77. The van der Waals surface area contributed by atoms with Crippen molar-refractivity contribution in [3.8, 4) is 0 Å². The standard InChI is InChI=1S/C21H30N4O3S/c1-15(2)13-21(4)19(26)25(20(22)23-21)14-17-9-11-24(12-10-17)29(27,28)18-8-6-5-7-16(18)3/h5-8,17H,1,9-14H2,2-4H3,(H2,22,23). The molecule has 0 aromatic heterocycles. The van der Waals surface area contributed by atoms with Crippen molar-refractivity contribution in [2.24, 2.45) is 16.6 Å². The van der Waals surface area contributed by atoms with Crippen molar-refractivity contribution in [1.29, 1.82) is 0 Å². The molecule has 2 aliphatic heterocycles. The van der Waals surface area contributed by atoms with E-state index in [4.69, 9.17) is 5.73 Å². The third-order valence-electron chi connectivity index (χ3n) is 5.72. The van der Waals surface area contributed by atoms with Crippen molar-refractivity contribution in [2.45, 2.75) is 50.5 Å². The largest absolute Gasteiger partial charge is 0.369 e. The van der Waals surface area contributed by atoms with Gasteiger partial charge >= 0.3 is 0 Å². The van der Waals surface area contributed by atoms with Gasteiger partial charge in [0.2, 0.25) is 10.0 Å². The number of rotatable bonds is 6. The first kappa shape index (κ1) is 21.5. The number of hydrogen-bond acceptors (Lipinski definition) is 5. The number of guanidine groups is 1. The highest BCUT2D eigenvalue weighted by molar-refractivity contribution is 7.89. The van der Waals surface area contributed by atoms with E-state index in [-0.39, 0.29) is 17.8 Å². The molecule has 3 rings (SSSR count). The van der Waals surface area contributed by atoms with Gasteiger partial charge in [0.05, 0.1) is 4.90 Å². The van der Waals surface area contributed by atoms with E-state index in [0.29, 0.717) is 43.8 Å². The number of benzene rings is 1. The quantitative estimate of drug-likeness (QED) is 0.717. The van der Waals surface area contributed by atoms with E-state index in [9.17, 15) is 13.2 Å². The Hall–Kier alpha value is -2.19. The van der Waals surface area contributed by atoms with Crippen LogP contribution in [0.2, 0.25) is 0 Å². The molecule has 1 aromatic carbocycles. The molecule has 8 heteroatoms. The van der Waals surface area contributed by atoms with Gasteiger partial charge in [0.1, 0.15) is 5.54 Å². The van der Waals surface area contributed by atoms with Gasteiger partial charge in [-0.25, -0.2) is 13.4 Å². The molecule has 158 valence electrons. The van der Waals surface area contributed by atoms with Crippen molar-refractivity contribution in [2.75, 3.05) is 19.6 Å². The summed E-state index contributed by atoms with van der Waals surface area (Å²) in [5.41, 5.74) is 6.79. The van der Waals surface area contributed by atoms with Crippen molar-refractivity contribution in [3.05, 3.63) is 42.0 Å². The molecule has 29 heavy (non-hydrogen) atoms. The summed E-state index contributed by atoms with van der Waals surface area (Å²) < 4.78 is 27.5. The van der Waals surface area contributed by atoms with Gasteiger partial charge in [0.25, 0.3) is 5.91 Å². The molecular formula is C21H30N4O3S. The van der Waals surface area contributed by atoms with Crippen LogP contribution in [-0.2, 0) is 14.8 Å². The van der Waals surface area contributed by atoms with E-state index in [2.05, 4.69) is 11.6 Å². The van der Waals surface area contributed by atoms with E-state index in [1.807, 2.05) is 26.0 Å². The van der Waals surface area contributed by atoms with Crippen LogP contribution in [0.15, 0.2) is 46.3 Å². The molecule has 0 bridgehead atoms. The second-order valence-corrected chi connectivity index (χ2v) is 10.3. The van der Waals surface area contributed by atoms with Crippen molar-refractivity contribution in [1.82, 2.24) is 9.21 Å². The molecule has 0 spiro atoms. The first-order valence-electron chi connectivity index (χ1n) is 9.92. The Morgan fingerprint density at radius 3 is 2.52 bits per heavy atom. The van der Waals surface area contributed by atoms with E-state index in [0.717, 1.165) is 11.1 Å². The van der Waals surface area contributed by atoms with Crippen LogP contribution in [0.1, 0.15) is 38.7 Å². The summed E-state index contributed by atoms with van der Waals surface area (Å²) in [6, 6.07) is 7.04. The van der Waals surface area contributed by atoms with Gasteiger partial charge in [-0.3, -0.25) is 9.69 Å². The number of carbonyl (C=O) groups is 1. The maximum atomic E-state index is 13.0. The smallest absolute Gasteiger partial charge is 0.257 e. The maximum Gasteiger partial charge on any atom is 0.257 e. The molecular weight excluding hydrogens is 388 g/mol. The Morgan fingerprint density at radius 2 is 1.93 bits per heavy atom. The molecule has 1 amide bonds. The Labute approximate surface area is 173 Å². The lowest BCUT2D eigenvalue weighted by Gasteiger charge is -2.33. The monoisotopic (exact) mass is 418 g/mol. The number of carbonyl (C=O) groups excluding carboxylic acids is 1. The topological polar surface area (TPSA) is 96.1 Å². The highest BCUT2D eigenvalue weighted by Gasteiger charge is 2.44. The molecule has 2 N–H and O–H groups in total. The van der Waals surface area contributed by atoms with Gasteiger partial charge in [-0.1, -0.05) is 23.8 Å². The van der Waals surface area contributed by atoms with Crippen LogP contribution in [0.4, 0.5) is 0 Å². The van der Waals surface area contributed by atoms with Crippen LogP contribution < -0.4 is 5.73 Å². The van der Waals surface area contributed by atoms with Gasteiger partial charge in [-0.2, -0.15) is 4.31 Å². The summed E-state index contributed by atoms with van der Waals surface area (Å²) in [6.07, 6.45) is 1.83.